The third-order valence-corrected chi connectivity index (χ3v) is 4.76. The van der Waals surface area contributed by atoms with Crippen molar-refractivity contribution < 1.29 is 4.74 Å². The van der Waals surface area contributed by atoms with Crippen molar-refractivity contribution in [3.63, 3.8) is 0 Å². The minimum Gasteiger partial charge on any atom is -0.487 e. The van der Waals surface area contributed by atoms with Crippen molar-refractivity contribution in [2.75, 3.05) is 0 Å². The van der Waals surface area contributed by atoms with Gasteiger partial charge < -0.3 is 4.74 Å². The molecule has 1 saturated carbocycles. The number of hydrogen-bond acceptors (Lipinski definition) is 1. The summed E-state index contributed by atoms with van der Waals surface area (Å²) in [6.45, 7) is 8.93. The zero-order valence-electron chi connectivity index (χ0n) is 11.3. The monoisotopic (exact) mass is 230 g/mol. The third-order valence-electron chi connectivity index (χ3n) is 4.76. The van der Waals surface area contributed by atoms with Gasteiger partial charge in [-0.3, -0.25) is 0 Å². The molecule has 1 aromatic rings. The second-order valence-corrected chi connectivity index (χ2v) is 6.29. The van der Waals surface area contributed by atoms with Crippen LogP contribution in [0.25, 0.3) is 0 Å². The number of ether oxygens (including phenoxy) is 1. The van der Waals surface area contributed by atoms with Gasteiger partial charge >= 0.3 is 0 Å². The molecular weight excluding hydrogens is 208 g/mol. The van der Waals surface area contributed by atoms with Crippen LogP contribution in [0.15, 0.2) is 12.1 Å². The summed E-state index contributed by atoms with van der Waals surface area (Å²) < 4.78 is 6.34. The highest BCUT2D eigenvalue weighted by atomic mass is 16.5. The number of aryl methyl sites for hydroxylation is 2. The van der Waals surface area contributed by atoms with Gasteiger partial charge in [-0.05, 0) is 57.6 Å². The summed E-state index contributed by atoms with van der Waals surface area (Å²) in [5, 5.41) is 0. The minimum atomic E-state index is 0.00667. The summed E-state index contributed by atoms with van der Waals surface area (Å²) >= 11 is 0. The van der Waals surface area contributed by atoms with Crippen LogP contribution in [0.1, 0.15) is 55.7 Å². The van der Waals surface area contributed by atoms with Gasteiger partial charge in [0.25, 0.3) is 0 Å². The quantitative estimate of drug-likeness (QED) is 0.643. The van der Waals surface area contributed by atoms with Crippen LogP contribution < -0.4 is 4.74 Å². The first-order chi connectivity index (χ1) is 8.00. The maximum Gasteiger partial charge on any atom is 0.126 e. The number of hydrogen-bond donors (Lipinski definition) is 0. The second-order valence-electron chi connectivity index (χ2n) is 6.29. The maximum atomic E-state index is 6.34. The van der Waals surface area contributed by atoms with Gasteiger partial charge in [-0.2, -0.15) is 0 Å². The average Bonchev–Trinajstić information content (AvgIpc) is 2.73. The molecule has 0 saturated heterocycles. The first-order valence-electron chi connectivity index (χ1n) is 6.80. The molecule has 0 aromatic heterocycles. The zero-order chi connectivity index (χ0) is 12.2. The van der Waals surface area contributed by atoms with E-state index in [1.165, 1.54) is 41.7 Å². The number of benzene rings is 1. The van der Waals surface area contributed by atoms with Crippen molar-refractivity contribution in [2.45, 2.75) is 58.5 Å². The predicted octanol–water partition coefficient (Wildman–Crippen LogP) is 4.36. The lowest BCUT2D eigenvalue weighted by atomic mass is 9.74. The Balaban J connectivity index is 2.20. The van der Waals surface area contributed by atoms with E-state index in [1.807, 2.05) is 0 Å². The Morgan fingerprint density at radius 3 is 2.59 bits per heavy atom. The van der Waals surface area contributed by atoms with E-state index >= 15 is 0 Å². The summed E-state index contributed by atoms with van der Waals surface area (Å²) in [7, 11) is 0. The Kier molecular flexibility index (Phi) is 2.30. The highest BCUT2D eigenvalue weighted by Gasteiger charge is 2.46. The van der Waals surface area contributed by atoms with E-state index in [9.17, 15) is 0 Å². The van der Waals surface area contributed by atoms with E-state index in [0.717, 1.165) is 5.92 Å². The molecular formula is C16H22O. The molecule has 17 heavy (non-hydrogen) atoms. The van der Waals surface area contributed by atoms with E-state index in [0.29, 0.717) is 5.92 Å². The lowest BCUT2D eigenvalue weighted by Crippen LogP contribution is -2.43. The van der Waals surface area contributed by atoms with Crippen LogP contribution in [0.2, 0.25) is 0 Å². The van der Waals surface area contributed by atoms with Gasteiger partial charge in [0, 0.05) is 11.5 Å². The van der Waals surface area contributed by atoms with Crippen LogP contribution in [0.3, 0.4) is 0 Å². The van der Waals surface area contributed by atoms with Crippen LogP contribution in [0.5, 0.6) is 5.75 Å². The Bertz CT molecular complexity index is 459. The molecule has 1 aliphatic heterocycles. The molecule has 1 aromatic carbocycles. The van der Waals surface area contributed by atoms with Crippen molar-refractivity contribution in [1.29, 1.82) is 0 Å². The van der Waals surface area contributed by atoms with Crippen LogP contribution >= 0.6 is 0 Å². The smallest absolute Gasteiger partial charge is 0.126 e. The van der Waals surface area contributed by atoms with Gasteiger partial charge in [0.05, 0.1) is 0 Å². The Morgan fingerprint density at radius 1 is 1.12 bits per heavy atom. The largest absolute Gasteiger partial charge is 0.487 e. The van der Waals surface area contributed by atoms with Gasteiger partial charge in [0.2, 0.25) is 0 Å². The SMILES string of the molecule is Cc1ccc(C)c2c1OC(C)(C)[C@@H]1CCC[C@@H]21. The van der Waals surface area contributed by atoms with Gasteiger partial charge in [-0.1, -0.05) is 18.6 Å². The maximum absolute atomic E-state index is 6.34. The molecule has 0 amide bonds. The fourth-order valence-corrected chi connectivity index (χ4v) is 3.88. The molecule has 0 radical (unpaired) electrons. The molecule has 92 valence electrons. The van der Waals surface area contributed by atoms with Crippen molar-refractivity contribution in [1.82, 2.24) is 0 Å². The van der Waals surface area contributed by atoms with E-state index in [2.05, 4.69) is 39.8 Å². The standard InChI is InChI=1S/C16H22O/c1-10-8-9-11(2)15-14(10)12-6-5-7-13(12)16(3,4)17-15/h8-9,12-13H,5-7H2,1-4H3/t12-,13-/m1/s1. The van der Waals surface area contributed by atoms with Gasteiger partial charge in [0.15, 0.2) is 0 Å². The molecule has 1 fully saturated rings. The molecule has 0 bridgehead atoms. The summed E-state index contributed by atoms with van der Waals surface area (Å²) in [6.07, 6.45) is 4.02. The summed E-state index contributed by atoms with van der Waals surface area (Å²) in [5.41, 5.74) is 4.22. The summed E-state index contributed by atoms with van der Waals surface area (Å²) in [4.78, 5) is 0. The first-order valence-corrected chi connectivity index (χ1v) is 6.80. The summed E-state index contributed by atoms with van der Waals surface area (Å²) in [5.74, 6) is 2.61. The highest BCUT2D eigenvalue weighted by molar-refractivity contribution is 5.50. The predicted molar refractivity (Wildman–Crippen MR) is 70.7 cm³/mol. The zero-order valence-corrected chi connectivity index (χ0v) is 11.3. The molecule has 0 unspecified atom stereocenters. The normalized spacial score (nSPS) is 29.4. The van der Waals surface area contributed by atoms with Crippen LogP contribution in [-0.2, 0) is 0 Å². The average molecular weight is 230 g/mol. The van der Waals surface area contributed by atoms with Crippen LogP contribution in [0, 0.1) is 19.8 Å². The van der Waals surface area contributed by atoms with Gasteiger partial charge in [-0.15, -0.1) is 0 Å². The fraction of sp³-hybridized carbons (Fsp3) is 0.625. The highest BCUT2D eigenvalue weighted by Crippen LogP contribution is 2.54. The third kappa shape index (κ3) is 1.51. The molecule has 1 heterocycles. The summed E-state index contributed by atoms with van der Waals surface area (Å²) in [6, 6.07) is 4.45. The topological polar surface area (TPSA) is 9.23 Å². The number of fused-ring (bicyclic) bond motifs is 3. The van der Waals surface area contributed by atoms with E-state index in [4.69, 9.17) is 4.74 Å². The molecule has 1 nitrogen and oxygen atoms in total. The molecule has 2 aliphatic rings. The van der Waals surface area contributed by atoms with Crippen LogP contribution in [-0.4, -0.2) is 5.60 Å². The fourth-order valence-electron chi connectivity index (χ4n) is 3.88. The molecule has 1 aliphatic carbocycles. The molecule has 3 rings (SSSR count). The van der Waals surface area contributed by atoms with Crippen LogP contribution in [0.4, 0.5) is 0 Å². The van der Waals surface area contributed by atoms with E-state index in [1.54, 1.807) is 0 Å². The molecule has 2 atom stereocenters. The second kappa shape index (κ2) is 3.51. The minimum absolute atomic E-state index is 0.00667. The molecule has 0 N–H and O–H groups in total. The lowest BCUT2D eigenvalue weighted by molar-refractivity contribution is 0.0192. The lowest BCUT2D eigenvalue weighted by Gasteiger charge is -2.43. The molecule has 0 spiro atoms. The Morgan fingerprint density at radius 2 is 1.82 bits per heavy atom. The van der Waals surface area contributed by atoms with Crippen molar-refractivity contribution in [3.8, 4) is 5.75 Å². The van der Waals surface area contributed by atoms with Crippen molar-refractivity contribution in [2.24, 2.45) is 5.92 Å². The van der Waals surface area contributed by atoms with Crippen molar-refractivity contribution >= 4 is 0 Å². The van der Waals surface area contributed by atoms with E-state index < -0.39 is 0 Å². The Hall–Kier alpha value is -0.980. The molecule has 1 heteroatoms. The first kappa shape index (κ1) is 11.1. The Labute approximate surface area is 104 Å². The van der Waals surface area contributed by atoms with Gasteiger partial charge in [-0.25, -0.2) is 0 Å². The van der Waals surface area contributed by atoms with Crippen molar-refractivity contribution in [3.05, 3.63) is 28.8 Å². The van der Waals surface area contributed by atoms with Gasteiger partial charge in [0.1, 0.15) is 11.4 Å². The number of rotatable bonds is 0. The van der Waals surface area contributed by atoms with E-state index in [-0.39, 0.29) is 5.60 Å².